The number of halogens is 11. The predicted molar refractivity (Wildman–Crippen MR) is 137 cm³/mol. The summed E-state index contributed by atoms with van der Waals surface area (Å²) in [4.78, 5) is 12.3. The lowest BCUT2D eigenvalue weighted by atomic mass is 9.79. The summed E-state index contributed by atoms with van der Waals surface area (Å²) in [7, 11) is -2.60. The van der Waals surface area contributed by atoms with Crippen molar-refractivity contribution in [2.45, 2.75) is 3.79 Å². The van der Waals surface area contributed by atoms with E-state index in [0.717, 1.165) is 5.56 Å². The fraction of sp³-hybridized carbons (Fsp3) is 0.125. The Kier molecular flexibility index (Phi) is 10.6. The minimum atomic E-state index is -6.30. The second-order valence-electron chi connectivity index (χ2n) is 7.80. The van der Waals surface area contributed by atoms with Crippen molar-refractivity contribution in [2.24, 2.45) is 0 Å². The zero-order chi connectivity index (χ0) is 29.8. The molecular formula is C24H14BCl3F8O2S. The molecule has 0 radical (unpaired) electrons. The standard InChI is InChI=1S/C18H14Cl3O2S.C6BF8/c1-24(23,12-11-14-5-3-2-4-6-14)13-17(22)15-7-9-16(10-8-15)18(19,20)21;8-2-1(7(13,14)15)3(9)5(11)6(12)4(2)10/h2-10H,13H2,1H3;/q+1;-1. The van der Waals surface area contributed by atoms with Crippen LogP contribution in [0.25, 0.3) is 0 Å². The molecule has 0 N–H and O–H groups in total. The van der Waals surface area contributed by atoms with Crippen molar-refractivity contribution in [3.8, 4) is 11.2 Å². The van der Waals surface area contributed by atoms with Gasteiger partial charge in [0.15, 0.2) is 38.4 Å². The van der Waals surface area contributed by atoms with Gasteiger partial charge in [-0.1, -0.05) is 81.5 Å². The number of ketones is 1. The van der Waals surface area contributed by atoms with Crippen LogP contribution in [0.4, 0.5) is 34.9 Å². The van der Waals surface area contributed by atoms with E-state index in [1.54, 1.807) is 24.3 Å². The van der Waals surface area contributed by atoms with Crippen molar-refractivity contribution in [3.05, 3.63) is 100 Å². The summed E-state index contributed by atoms with van der Waals surface area (Å²) >= 11 is 17.3. The highest BCUT2D eigenvalue weighted by atomic mass is 35.6. The molecular weight excluding hydrogens is 621 g/mol. The quantitative estimate of drug-likeness (QED) is 0.0442. The SMILES string of the molecule is C[S+](=O)(C#Cc1ccccc1)CC(=O)c1ccc(C(Cl)(Cl)Cl)cc1.Fc1c(F)c(F)c([B-](F)(F)F)c(F)c1F. The molecule has 0 aliphatic rings. The molecule has 3 rings (SSSR count). The normalized spacial score (nSPS) is 12.9. The highest BCUT2D eigenvalue weighted by molar-refractivity contribution is 8.07. The number of Topliss-reactive ketones (excluding diaryl/α,β-unsaturated/α-hetero) is 1. The zero-order valence-electron chi connectivity index (χ0n) is 19.4. The molecule has 0 spiro atoms. The summed E-state index contributed by atoms with van der Waals surface area (Å²) in [5.41, 5.74) is -1.10. The third-order valence-corrected chi connectivity index (χ3v) is 6.70. The molecule has 0 aromatic heterocycles. The Hall–Kier alpha value is -2.59. The Morgan fingerprint density at radius 1 is 0.821 bits per heavy atom. The van der Waals surface area contributed by atoms with E-state index in [0.29, 0.717) is 11.1 Å². The lowest BCUT2D eigenvalue weighted by Crippen LogP contribution is -2.41. The molecule has 2 nitrogen and oxygen atoms in total. The van der Waals surface area contributed by atoms with Gasteiger partial charge in [0, 0.05) is 16.7 Å². The number of rotatable bonds is 4. The van der Waals surface area contributed by atoms with E-state index >= 15 is 0 Å². The third kappa shape index (κ3) is 8.96. The van der Waals surface area contributed by atoms with E-state index in [-0.39, 0.29) is 11.5 Å². The predicted octanol–water partition coefficient (Wildman–Crippen LogP) is 7.27. The molecule has 0 fully saturated rings. The molecule has 15 heteroatoms. The Balaban J connectivity index is 0.000000306. The molecule has 0 saturated heterocycles. The Morgan fingerprint density at radius 3 is 1.72 bits per heavy atom. The van der Waals surface area contributed by atoms with E-state index in [1.807, 2.05) is 30.3 Å². The van der Waals surface area contributed by atoms with Crippen LogP contribution in [0.15, 0.2) is 54.6 Å². The van der Waals surface area contributed by atoms with Crippen LogP contribution >= 0.6 is 34.8 Å². The fourth-order valence-electron chi connectivity index (χ4n) is 2.81. The summed E-state index contributed by atoms with van der Waals surface area (Å²) in [6, 6.07) is 15.4. The lowest BCUT2D eigenvalue weighted by molar-refractivity contribution is 0.102. The van der Waals surface area contributed by atoms with Gasteiger partial charge in [-0.3, -0.25) is 4.79 Å². The number of carbonyl (C=O) groups excluding carboxylic acids is 1. The van der Waals surface area contributed by atoms with Crippen LogP contribution in [0.3, 0.4) is 0 Å². The second kappa shape index (κ2) is 12.7. The molecule has 0 aliphatic heterocycles. The van der Waals surface area contributed by atoms with Crippen molar-refractivity contribution < 1.29 is 43.9 Å². The minimum absolute atomic E-state index is 0.153. The number of benzene rings is 3. The molecule has 0 aliphatic carbocycles. The number of hydrogen-bond donors (Lipinski definition) is 0. The van der Waals surface area contributed by atoms with Gasteiger partial charge in [-0.15, -0.1) is 0 Å². The molecule has 1 unspecified atom stereocenters. The van der Waals surface area contributed by atoms with E-state index in [2.05, 4.69) is 11.2 Å². The van der Waals surface area contributed by atoms with Gasteiger partial charge in [0.05, 0.1) is 0 Å². The van der Waals surface area contributed by atoms with Crippen molar-refractivity contribution in [1.29, 1.82) is 0 Å². The van der Waals surface area contributed by atoms with Gasteiger partial charge < -0.3 is 12.9 Å². The molecule has 3 aromatic rings. The van der Waals surface area contributed by atoms with Crippen molar-refractivity contribution in [3.63, 3.8) is 0 Å². The summed E-state index contributed by atoms with van der Waals surface area (Å²) in [5, 5.41) is 2.71. The first-order valence-corrected chi connectivity index (χ1v) is 13.6. The van der Waals surface area contributed by atoms with Gasteiger partial charge in [0.1, 0.15) is 17.9 Å². The maximum atomic E-state index is 12.5. The number of alkyl halides is 3. The Labute approximate surface area is 233 Å². The molecule has 208 valence electrons. The number of carbonyl (C=O) groups is 1. The maximum absolute atomic E-state index is 12.5. The van der Waals surface area contributed by atoms with Gasteiger partial charge in [0.2, 0.25) is 9.58 Å². The van der Waals surface area contributed by atoms with Crippen LogP contribution in [0.5, 0.6) is 0 Å². The van der Waals surface area contributed by atoms with Crippen molar-refractivity contribution in [1.82, 2.24) is 0 Å². The second-order valence-corrected chi connectivity index (χ2v) is 12.6. The molecule has 0 saturated carbocycles. The molecule has 3 aromatic carbocycles. The summed E-state index contributed by atoms with van der Waals surface area (Å²) in [5.74, 6) is -11.1. The summed E-state index contributed by atoms with van der Waals surface area (Å²) in [6.07, 6.45) is 1.48. The van der Waals surface area contributed by atoms with Crippen LogP contribution in [-0.2, 0) is 17.9 Å². The van der Waals surface area contributed by atoms with E-state index in [9.17, 15) is 43.9 Å². The van der Waals surface area contributed by atoms with Crippen LogP contribution in [0, 0.1) is 40.3 Å². The first-order valence-electron chi connectivity index (χ1n) is 10.3. The molecule has 39 heavy (non-hydrogen) atoms. The van der Waals surface area contributed by atoms with E-state index in [1.165, 1.54) is 6.26 Å². The minimum Gasteiger partial charge on any atom is -0.445 e. The van der Waals surface area contributed by atoms with Gasteiger partial charge in [-0.05, 0) is 23.5 Å². The summed E-state index contributed by atoms with van der Waals surface area (Å²) in [6.45, 7) is -6.30. The van der Waals surface area contributed by atoms with Gasteiger partial charge in [-0.25, -0.2) is 22.0 Å². The largest absolute Gasteiger partial charge is 0.515 e. The van der Waals surface area contributed by atoms with Crippen molar-refractivity contribution >= 4 is 63.0 Å². The fourth-order valence-corrected chi connectivity index (χ4v) is 4.26. The van der Waals surface area contributed by atoms with E-state index < -0.39 is 55.3 Å². The highest BCUT2D eigenvalue weighted by Gasteiger charge is 2.38. The van der Waals surface area contributed by atoms with Crippen LogP contribution in [0.2, 0.25) is 0 Å². The molecule has 0 heterocycles. The highest BCUT2D eigenvalue weighted by Crippen LogP contribution is 2.38. The monoisotopic (exact) mass is 634 g/mol. The van der Waals surface area contributed by atoms with Gasteiger partial charge in [-0.2, -0.15) is 0 Å². The Bertz CT molecular complexity index is 1440. The number of hydrogen-bond acceptors (Lipinski definition) is 2. The molecule has 1 atom stereocenters. The topological polar surface area (TPSA) is 34.1 Å². The lowest BCUT2D eigenvalue weighted by Gasteiger charge is -2.17. The molecule has 0 bridgehead atoms. The zero-order valence-corrected chi connectivity index (χ0v) is 22.4. The summed E-state index contributed by atoms with van der Waals surface area (Å²) < 4.78 is 109. The van der Waals surface area contributed by atoms with Gasteiger partial charge >= 0.3 is 6.98 Å². The molecule has 0 amide bonds. The van der Waals surface area contributed by atoms with E-state index in [4.69, 9.17) is 34.8 Å². The van der Waals surface area contributed by atoms with Crippen LogP contribution in [0.1, 0.15) is 21.5 Å². The smallest absolute Gasteiger partial charge is 0.445 e. The van der Waals surface area contributed by atoms with Crippen LogP contribution in [-0.4, -0.2) is 24.8 Å². The first kappa shape index (κ1) is 32.6. The first-order chi connectivity index (χ1) is 17.8. The van der Waals surface area contributed by atoms with Gasteiger partial charge in [0.25, 0.3) is 0 Å². The maximum Gasteiger partial charge on any atom is 0.515 e. The van der Waals surface area contributed by atoms with Crippen LogP contribution < -0.4 is 5.46 Å². The van der Waals surface area contributed by atoms with Crippen molar-refractivity contribution in [2.75, 3.05) is 12.0 Å². The Morgan fingerprint density at radius 2 is 1.28 bits per heavy atom. The third-order valence-electron chi connectivity index (χ3n) is 4.70. The average molecular weight is 636 g/mol. The average Bonchev–Trinajstić information content (AvgIpc) is 2.85.